The number of ketones is 2. The molecular weight excluding hydrogens is 216 g/mol. The second kappa shape index (κ2) is 4.73. The lowest BCUT2D eigenvalue weighted by molar-refractivity contribution is -0.141. The third kappa shape index (κ3) is 2.36. The lowest BCUT2D eigenvalue weighted by Crippen LogP contribution is -2.55. The second-order valence-corrected chi connectivity index (χ2v) is 3.43. The summed E-state index contributed by atoms with van der Waals surface area (Å²) >= 11 is 0. The highest BCUT2D eigenvalue weighted by molar-refractivity contribution is 6.10. The van der Waals surface area contributed by atoms with Crippen molar-refractivity contribution in [2.75, 3.05) is 7.11 Å². The van der Waals surface area contributed by atoms with Crippen LogP contribution in [0.25, 0.3) is 0 Å². The molecule has 2 atom stereocenters. The van der Waals surface area contributed by atoms with Crippen LogP contribution in [0.15, 0.2) is 0 Å². The number of primary amides is 1. The zero-order valence-electron chi connectivity index (χ0n) is 8.69. The summed E-state index contributed by atoms with van der Waals surface area (Å²) in [5, 5.41) is 2.15. The van der Waals surface area contributed by atoms with Crippen LogP contribution in [0.1, 0.15) is 12.8 Å². The fourth-order valence-electron chi connectivity index (χ4n) is 1.60. The summed E-state index contributed by atoms with van der Waals surface area (Å²) in [5.41, 5.74) is 5.02. The van der Waals surface area contributed by atoms with Gasteiger partial charge in [-0.05, 0) is 0 Å². The molecule has 0 spiro atoms. The monoisotopic (exact) mass is 228 g/mol. The molecule has 7 heteroatoms. The Kier molecular flexibility index (Phi) is 3.60. The number of ether oxygens (including phenoxy) is 1. The standard InChI is InChI=1S/C9H12N2O5/c1-16-9(15)11-7-5(13)3-2-4(12)6(7)8(10)14/h6-7H,2-3H2,1H3,(H2,10,14)(H,11,15). The third-order valence-corrected chi connectivity index (χ3v) is 2.41. The minimum absolute atomic E-state index is 0.00270. The SMILES string of the molecule is COC(=O)NC1C(=O)CCC(=O)C1C(N)=O. The minimum Gasteiger partial charge on any atom is -0.453 e. The van der Waals surface area contributed by atoms with Crippen molar-refractivity contribution in [2.45, 2.75) is 18.9 Å². The summed E-state index contributed by atoms with van der Waals surface area (Å²) in [4.78, 5) is 44.9. The predicted molar refractivity (Wildman–Crippen MR) is 51.3 cm³/mol. The Morgan fingerprint density at radius 1 is 1.31 bits per heavy atom. The number of Topliss-reactive ketones (excluding diaryl/α,β-unsaturated/α-hetero) is 2. The van der Waals surface area contributed by atoms with Gasteiger partial charge in [0.25, 0.3) is 0 Å². The van der Waals surface area contributed by atoms with E-state index >= 15 is 0 Å². The van der Waals surface area contributed by atoms with Gasteiger partial charge in [-0.2, -0.15) is 0 Å². The molecule has 2 amide bonds. The summed E-state index contributed by atoms with van der Waals surface area (Å²) in [6.45, 7) is 0. The molecule has 0 aromatic carbocycles. The van der Waals surface area contributed by atoms with E-state index in [1.54, 1.807) is 0 Å². The molecule has 16 heavy (non-hydrogen) atoms. The number of nitrogens with one attached hydrogen (secondary N) is 1. The van der Waals surface area contributed by atoms with E-state index in [1.807, 2.05) is 0 Å². The van der Waals surface area contributed by atoms with Gasteiger partial charge >= 0.3 is 6.09 Å². The van der Waals surface area contributed by atoms with Crippen LogP contribution in [-0.4, -0.2) is 36.7 Å². The Balaban J connectivity index is 2.89. The summed E-state index contributed by atoms with van der Waals surface area (Å²) in [6, 6.07) is -1.20. The van der Waals surface area contributed by atoms with Crippen LogP contribution < -0.4 is 11.1 Å². The quantitative estimate of drug-likeness (QED) is 0.572. The van der Waals surface area contributed by atoms with Crippen LogP contribution in [0.4, 0.5) is 4.79 Å². The third-order valence-electron chi connectivity index (χ3n) is 2.41. The van der Waals surface area contributed by atoms with Crippen molar-refractivity contribution in [1.29, 1.82) is 0 Å². The lowest BCUT2D eigenvalue weighted by Gasteiger charge is -2.26. The first-order valence-electron chi connectivity index (χ1n) is 4.66. The van der Waals surface area contributed by atoms with Crippen molar-refractivity contribution in [3.63, 3.8) is 0 Å². The maximum absolute atomic E-state index is 11.5. The average molecular weight is 228 g/mol. The molecule has 2 unspecified atom stereocenters. The number of hydrogen-bond acceptors (Lipinski definition) is 5. The molecule has 0 aliphatic heterocycles. The molecule has 0 saturated heterocycles. The largest absolute Gasteiger partial charge is 0.453 e. The van der Waals surface area contributed by atoms with Gasteiger partial charge in [-0.3, -0.25) is 14.4 Å². The average Bonchev–Trinajstić information content (AvgIpc) is 2.22. The van der Waals surface area contributed by atoms with Crippen molar-refractivity contribution in [2.24, 2.45) is 11.7 Å². The molecule has 1 aliphatic rings. The van der Waals surface area contributed by atoms with E-state index in [9.17, 15) is 19.2 Å². The molecule has 1 aliphatic carbocycles. The molecular formula is C9H12N2O5. The van der Waals surface area contributed by atoms with Crippen molar-refractivity contribution in [1.82, 2.24) is 5.32 Å². The first-order chi connectivity index (χ1) is 7.47. The summed E-state index contributed by atoms with van der Waals surface area (Å²) in [6.07, 6.45) is -0.900. The van der Waals surface area contributed by atoms with E-state index < -0.39 is 35.5 Å². The number of rotatable bonds is 2. The predicted octanol–water partition coefficient (Wildman–Crippen LogP) is -1.26. The molecule has 0 bridgehead atoms. The smallest absolute Gasteiger partial charge is 0.407 e. The van der Waals surface area contributed by atoms with Gasteiger partial charge in [-0.15, -0.1) is 0 Å². The minimum atomic E-state index is -1.29. The fourth-order valence-corrected chi connectivity index (χ4v) is 1.60. The Labute approximate surface area is 91.3 Å². The van der Waals surface area contributed by atoms with Gasteiger partial charge in [-0.1, -0.05) is 0 Å². The van der Waals surface area contributed by atoms with Crippen LogP contribution in [-0.2, 0) is 19.1 Å². The Morgan fingerprint density at radius 3 is 2.38 bits per heavy atom. The first-order valence-corrected chi connectivity index (χ1v) is 4.66. The number of hydrogen-bond donors (Lipinski definition) is 2. The Bertz CT molecular complexity index is 352. The van der Waals surface area contributed by atoms with Gasteiger partial charge in [0.05, 0.1) is 7.11 Å². The highest BCUT2D eigenvalue weighted by Gasteiger charge is 2.42. The molecule has 0 radical (unpaired) electrons. The highest BCUT2D eigenvalue weighted by Crippen LogP contribution is 2.18. The van der Waals surface area contributed by atoms with E-state index in [4.69, 9.17) is 5.73 Å². The van der Waals surface area contributed by atoms with Gasteiger partial charge in [0, 0.05) is 12.8 Å². The van der Waals surface area contributed by atoms with Crippen molar-refractivity contribution < 1.29 is 23.9 Å². The maximum Gasteiger partial charge on any atom is 0.407 e. The van der Waals surface area contributed by atoms with Crippen LogP contribution >= 0.6 is 0 Å². The topological polar surface area (TPSA) is 116 Å². The molecule has 0 heterocycles. The number of carbonyl (C=O) groups is 4. The number of methoxy groups -OCH3 is 1. The molecule has 7 nitrogen and oxygen atoms in total. The van der Waals surface area contributed by atoms with Gasteiger partial charge < -0.3 is 15.8 Å². The van der Waals surface area contributed by atoms with Crippen LogP contribution in [0.2, 0.25) is 0 Å². The van der Waals surface area contributed by atoms with Crippen molar-refractivity contribution in [3.8, 4) is 0 Å². The van der Waals surface area contributed by atoms with E-state index in [1.165, 1.54) is 0 Å². The molecule has 0 aromatic heterocycles. The van der Waals surface area contributed by atoms with Crippen LogP contribution in [0.3, 0.4) is 0 Å². The molecule has 3 N–H and O–H groups in total. The summed E-state index contributed by atoms with van der Waals surface area (Å²) in [5.74, 6) is -3.04. The maximum atomic E-state index is 11.5. The van der Waals surface area contributed by atoms with E-state index in [2.05, 4.69) is 10.1 Å². The Morgan fingerprint density at radius 2 is 1.88 bits per heavy atom. The Hall–Kier alpha value is -1.92. The second-order valence-electron chi connectivity index (χ2n) is 3.43. The number of carbonyl (C=O) groups excluding carboxylic acids is 4. The molecule has 1 fully saturated rings. The van der Waals surface area contributed by atoms with E-state index in [-0.39, 0.29) is 12.8 Å². The number of amides is 2. The number of alkyl carbamates (subject to hydrolysis) is 1. The molecule has 0 aromatic rings. The highest BCUT2D eigenvalue weighted by atomic mass is 16.5. The van der Waals surface area contributed by atoms with Crippen LogP contribution in [0, 0.1) is 5.92 Å². The van der Waals surface area contributed by atoms with E-state index in [0.717, 1.165) is 7.11 Å². The zero-order chi connectivity index (χ0) is 12.3. The molecule has 1 rings (SSSR count). The van der Waals surface area contributed by atoms with Crippen molar-refractivity contribution >= 4 is 23.6 Å². The van der Waals surface area contributed by atoms with E-state index in [0.29, 0.717) is 0 Å². The number of nitrogens with two attached hydrogens (primary N) is 1. The lowest BCUT2D eigenvalue weighted by atomic mass is 9.82. The van der Waals surface area contributed by atoms with Gasteiger partial charge in [0.15, 0.2) is 5.78 Å². The molecule has 1 saturated carbocycles. The summed E-state index contributed by atoms with van der Waals surface area (Å²) in [7, 11) is 1.11. The normalized spacial score (nSPS) is 25.1. The first kappa shape index (κ1) is 12.2. The van der Waals surface area contributed by atoms with Crippen molar-refractivity contribution in [3.05, 3.63) is 0 Å². The van der Waals surface area contributed by atoms with Crippen LogP contribution in [0.5, 0.6) is 0 Å². The summed E-state index contributed by atoms with van der Waals surface area (Å²) < 4.78 is 4.30. The molecule has 88 valence electrons. The van der Waals surface area contributed by atoms with Gasteiger partial charge in [0.2, 0.25) is 5.91 Å². The zero-order valence-corrected chi connectivity index (χ0v) is 8.69. The fraction of sp³-hybridized carbons (Fsp3) is 0.556. The van der Waals surface area contributed by atoms with Gasteiger partial charge in [0.1, 0.15) is 17.7 Å². The van der Waals surface area contributed by atoms with Gasteiger partial charge in [-0.25, -0.2) is 4.79 Å².